The number of rotatable bonds is 4. The normalized spacial score (nSPS) is 31.1. The van der Waals surface area contributed by atoms with Crippen LogP contribution in [0, 0.1) is 22.0 Å². The molecule has 0 spiro atoms. The van der Waals surface area contributed by atoms with Crippen LogP contribution in [0.25, 0.3) is 0 Å². The maximum atomic E-state index is 12.6. The molecule has 0 aliphatic heterocycles. The van der Waals surface area contributed by atoms with Crippen molar-refractivity contribution < 1.29 is 13.3 Å². The fourth-order valence-corrected chi connectivity index (χ4v) is 5.39. The number of para-hydroxylation sites is 1. The van der Waals surface area contributed by atoms with Crippen LogP contribution in [0.4, 0.5) is 5.69 Å². The van der Waals surface area contributed by atoms with Gasteiger partial charge in [0.2, 0.25) is 10.0 Å². The van der Waals surface area contributed by atoms with Gasteiger partial charge in [0.05, 0.1) is 4.92 Å². The lowest BCUT2D eigenvalue weighted by molar-refractivity contribution is -0.387. The summed E-state index contributed by atoms with van der Waals surface area (Å²) in [4.78, 5) is 10.1. The van der Waals surface area contributed by atoms with Gasteiger partial charge in [-0.15, -0.1) is 0 Å². The quantitative estimate of drug-likeness (QED) is 0.641. The number of hydrogen-bond donors (Lipinski definition) is 2. The minimum Gasteiger partial charge on any atom is -0.328 e. The van der Waals surface area contributed by atoms with E-state index in [1.54, 1.807) is 0 Å². The van der Waals surface area contributed by atoms with Crippen LogP contribution in [0.2, 0.25) is 0 Å². The standard InChI is InChI=1S/C14H19N3O4S/c15-11-7-9-5-6-10(8-11)14(9)16-22(20,21)13-4-2-1-3-12(13)17(18)19/h1-4,9-11,14,16H,5-8,15H2. The molecule has 0 saturated heterocycles. The Hall–Kier alpha value is -1.51. The van der Waals surface area contributed by atoms with Crippen molar-refractivity contribution >= 4 is 15.7 Å². The first-order valence-corrected chi connectivity index (χ1v) is 8.88. The highest BCUT2D eigenvalue weighted by atomic mass is 32.2. The second kappa shape index (κ2) is 5.60. The van der Waals surface area contributed by atoms with Crippen molar-refractivity contribution in [1.82, 2.24) is 4.72 Å². The van der Waals surface area contributed by atoms with E-state index in [9.17, 15) is 18.5 Å². The van der Waals surface area contributed by atoms with Crippen LogP contribution in [-0.4, -0.2) is 25.4 Å². The zero-order chi connectivity index (χ0) is 15.9. The molecule has 1 aromatic rings. The SMILES string of the molecule is NC1CC2CCC(C1)C2NS(=O)(=O)c1ccccc1[N+](=O)[O-]. The number of nitrogens with one attached hydrogen (secondary N) is 1. The van der Waals surface area contributed by atoms with Crippen LogP contribution in [0.15, 0.2) is 29.2 Å². The van der Waals surface area contributed by atoms with Gasteiger partial charge in [0, 0.05) is 18.2 Å². The Morgan fingerprint density at radius 2 is 1.77 bits per heavy atom. The number of nitrogens with two attached hydrogens (primary N) is 1. The number of hydrogen-bond acceptors (Lipinski definition) is 5. The lowest BCUT2D eigenvalue weighted by atomic mass is 9.82. The Morgan fingerprint density at radius 1 is 1.18 bits per heavy atom. The summed E-state index contributed by atoms with van der Waals surface area (Å²) in [5, 5.41) is 11.0. The van der Waals surface area contributed by atoms with Crippen molar-refractivity contribution in [3.8, 4) is 0 Å². The molecule has 2 unspecified atom stereocenters. The third-order valence-electron chi connectivity index (χ3n) is 4.78. The summed E-state index contributed by atoms with van der Waals surface area (Å²) >= 11 is 0. The predicted octanol–water partition coefficient (Wildman–Crippen LogP) is 1.39. The summed E-state index contributed by atoms with van der Waals surface area (Å²) in [6.07, 6.45) is 3.53. The molecule has 22 heavy (non-hydrogen) atoms. The Morgan fingerprint density at radius 3 is 2.36 bits per heavy atom. The van der Waals surface area contributed by atoms with E-state index < -0.39 is 20.6 Å². The molecule has 2 aliphatic rings. The Kier molecular flexibility index (Phi) is 3.92. The summed E-state index contributed by atoms with van der Waals surface area (Å²) in [5.41, 5.74) is 5.60. The second-order valence-electron chi connectivity index (χ2n) is 6.20. The van der Waals surface area contributed by atoms with Gasteiger partial charge in [-0.1, -0.05) is 12.1 Å². The molecule has 0 amide bonds. The average Bonchev–Trinajstić information content (AvgIpc) is 2.70. The van der Waals surface area contributed by atoms with E-state index in [0.29, 0.717) is 0 Å². The molecule has 2 fully saturated rings. The van der Waals surface area contributed by atoms with Crippen LogP contribution in [-0.2, 0) is 10.0 Å². The van der Waals surface area contributed by atoms with E-state index in [1.807, 2.05) is 0 Å². The highest BCUT2D eigenvalue weighted by Crippen LogP contribution is 2.42. The first-order valence-electron chi connectivity index (χ1n) is 7.40. The number of nitro benzene ring substituents is 1. The summed E-state index contributed by atoms with van der Waals surface area (Å²) in [7, 11) is -3.91. The second-order valence-corrected chi connectivity index (χ2v) is 7.88. The van der Waals surface area contributed by atoms with Gasteiger partial charge >= 0.3 is 0 Å². The minimum absolute atomic E-state index is 0.129. The average molecular weight is 325 g/mol. The number of fused-ring (bicyclic) bond motifs is 2. The fraction of sp³-hybridized carbons (Fsp3) is 0.571. The highest BCUT2D eigenvalue weighted by molar-refractivity contribution is 7.89. The van der Waals surface area contributed by atoms with E-state index >= 15 is 0 Å². The van der Waals surface area contributed by atoms with E-state index in [2.05, 4.69) is 4.72 Å². The van der Waals surface area contributed by atoms with Crippen molar-refractivity contribution in [2.45, 2.75) is 42.7 Å². The molecule has 120 valence electrons. The van der Waals surface area contributed by atoms with E-state index in [0.717, 1.165) is 25.7 Å². The van der Waals surface area contributed by atoms with Gasteiger partial charge in [-0.05, 0) is 43.6 Å². The van der Waals surface area contributed by atoms with Crippen LogP contribution in [0.1, 0.15) is 25.7 Å². The fourth-order valence-electron chi connectivity index (χ4n) is 3.85. The molecule has 2 bridgehead atoms. The molecular weight excluding hydrogens is 306 g/mol. The molecule has 0 radical (unpaired) electrons. The first-order chi connectivity index (χ1) is 10.4. The van der Waals surface area contributed by atoms with Crippen LogP contribution in [0.5, 0.6) is 0 Å². The van der Waals surface area contributed by atoms with Gasteiger partial charge < -0.3 is 5.73 Å². The molecule has 7 nitrogen and oxygen atoms in total. The van der Waals surface area contributed by atoms with E-state index in [1.165, 1.54) is 24.3 Å². The number of sulfonamides is 1. The third-order valence-corrected chi connectivity index (χ3v) is 6.28. The van der Waals surface area contributed by atoms with E-state index in [4.69, 9.17) is 5.73 Å². The summed E-state index contributed by atoms with van der Waals surface area (Å²) < 4.78 is 27.9. The molecule has 2 atom stereocenters. The Labute approximate surface area is 129 Å². The molecule has 0 aromatic heterocycles. The third kappa shape index (κ3) is 2.73. The molecule has 3 N–H and O–H groups in total. The first kappa shape index (κ1) is 15.4. The smallest absolute Gasteiger partial charge is 0.289 e. The maximum absolute atomic E-state index is 12.6. The molecule has 0 heterocycles. The maximum Gasteiger partial charge on any atom is 0.289 e. The Balaban J connectivity index is 1.88. The van der Waals surface area contributed by atoms with Gasteiger partial charge in [0.1, 0.15) is 0 Å². The van der Waals surface area contributed by atoms with Gasteiger partial charge in [-0.25, -0.2) is 13.1 Å². The molecule has 3 rings (SSSR count). The zero-order valence-electron chi connectivity index (χ0n) is 12.0. The van der Waals surface area contributed by atoms with Gasteiger partial charge in [0.25, 0.3) is 5.69 Å². The van der Waals surface area contributed by atoms with Crippen LogP contribution in [0.3, 0.4) is 0 Å². The number of nitrogens with zero attached hydrogens (tertiary/aromatic N) is 1. The van der Waals surface area contributed by atoms with Crippen LogP contribution < -0.4 is 10.5 Å². The monoisotopic (exact) mass is 325 g/mol. The highest BCUT2D eigenvalue weighted by Gasteiger charge is 2.44. The summed E-state index contributed by atoms with van der Waals surface area (Å²) in [5.74, 6) is 0.456. The molecule has 2 aliphatic carbocycles. The largest absolute Gasteiger partial charge is 0.328 e. The zero-order valence-corrected chi connectivity index (χ0v) is 12.8. The molecule has 8 heteroatoms. The topological polar surface area (TPSA) is 115 Å². The van der Waals surface area contributed by atoms with Crippen molar-refractivity contribution in [2.75, 3.05) is 0 Å². The summed E-state index contributed by atoms with van der Waals surface area (Å²) in [6.45, 7) is 0. The minimum atomic E-state index is -3.91. The predicted molar refractivity (Wildman–Crippen MR) is 80.6 cm³/mol. The summed E-state index contributed by atoms with van der Waals surface area (Å²) in [6, 6.07) is 5.40. The van der Waals surface area contributed by atoms with Crippen molar-refractivity contribution in [2.24, 2.45) is 17.6 Å². The number of benzene rings is 1. The van der Waals surface area contributed by atoms with Gasteiger partial charge in [0.15, 0.2) is 4.90 Å². The lowest BCUT2D eigenvalue weighted by Gasteiger charge is -2.33. The van der Waals surface area contributed by atoms with E-state index in [-0.39, 0.29) is 28.8 Å². The molecule has 2 saturated carbocycles. The van der Waals surface area contributed by atoms with Crippen molar-refractivity contribution in [3.63, 3.8) is 0 Å². The van der Waals surface area contributed by atoms with Gasteiger partial charge in [-0.2, -0.15) is 0 Å². The van der Waals surface area contributed by atoms with Crippen molar-refractivity contribution in [1.29, 1.82) is 0 Å². The lowest BCUT2D eigenvalue weighted by Crippen LogP contribution is -2.47. The number of nitro groups is 1. The van der Waals surface area contributed by atoms with Crippen molar-refractivity contribution in [3.05, 3.63) is 34.4 Å². The van der Waals surface area contributed by atoms with Gasteiger partial charge in [-0.3, -0.25) is 10.1 Å². The Bertz CT molecular complexity index is 677. The molecular formula is C14H19N3O4S. The molecule has 1 aromatic carbocycles. The van der Waals surface area contributed by atoms with Crippen LogP contribution >= 0.6 is 0 Å².